The summed E-state index contributed by atoms with van der Waals surface area (Å²) in [5.41, 5.74) is 5.30. The molecule has 0 aromatic rings. The minimum atomic E-state index is -1.16. The van der Waals surface area contributed by atoms with Crippen molar-refractivity contribution in [3.63, 3.8) is 0 Å². The van der Waals surface area contributed by atoms with Crippen LogP contribution in [0.1, 0.15) is 89.9 Å². The van der Waals surface area contributed by atoms with Gasteiger partial charge in [-0.05, 0) is 43.9 Å². The van der Waals surface area contributed by atoms with Crippen LogP contribution in [0.3, 0.4) is 0 Å². The number of piperidine rings is 1. The Morgan fingerprint density at radius 1 is 0.854 bits per heavy atom. The number of nitrogens with one attached hydrogen (secondary N) is 3. The van der Waals surface area contributed by atoms with Crippen molar-refractivity contribution in [3.8, 4) is 0 Å². The molecule has 1 heterocycles. The number of Topliss-reactive ketones (excluding diaryl/α,β-unsaturated/α-hetero) is 1. The van der Waals surface area contributed by atoms with Gasteiger partial charge in [0.25, 0.3) is 5.91 Å². The molecular formula is C29H43Cl2N5O5. The van der Waals surface area contributed by atoms with Crippen LogP contribution in [0.15, 0.2) is 0 Å². The lowest BCUT2D eigenvalue weighted by atomic mass is 9.80. The van der Waals surface area contributed by atoms with Crippen molar-refractivity contribution in [2.45, 2.75) is 118 Å². The number of carbonyl (C=O) groups is 5. The SMILES string of the molecule is NC(=O)C(=O)C(CC1CCC1)NC(=O)[C@@H]1C2C(CN1C(=O)[C@@H](NC(=O)NC1CCCCC1)C1CCCCC1)C2(Cl)Cl. The van der Waals surface area contributed by atoms with Crippen molar-refractivity contribution in [1.29, 1.82) is 0 Å². The van der Waals surface area contributed by atoms with Gasteiger partial charge >= 0.3 is 6.03 Å². The standard InChI is InChI=1S/C29H43Cl2N5O5/c30-29(31)19-15-36(23(21(19)29)26(39)34-20(24(37)25(32)38)14-16-8-7-9-16)27(40)22(17-10-3-1-4-11-17)35-28(41)33-18-12-5-2-6-13-18/h16-23H,1-15H2,(H2,32,38)(H,34,39)(H2,33,35,41)/t19?,20?,21?,22-,23-/m0/s1. The average Bonchev–Trinajstić information content (AvgIpc) is 3.25. The molecule has 1 saturated heterocycles. The molecule has 12 heteroatoms. The number of fused-ring (bicyclic) bond motifs is 1. The molecule has 0 bridgehead atoms. The van der Waals surface area contributed by atoms with E-state index in [-0.39, 0.29) is 42.3 Å². The third-order valence-electron chi connectivity index (χ3n) is 10.2. The summed E-state index contributed by atoms with van der Waals surface area (Å²) in [6.45, 7) is 0.181. The Bertz CT molecular complexity index is 1040. The van der Waals surface area contributed by atoms with Gasteiger partial charge in [-0.2, -0.15) is 0 Å². The molecule has 5 N–H and O–H groups in total. The first-order chi connectivity index (χ1) is 19.6. The molecule has 5 atom stereocenters. The van der Waals surface area contributed by atoms with E-state index in [2.05, 4.69) is 16.0 Å². The second kappa shape index (κ2) is 12.7. The van der Waals surface area contributed by atoms with Gasteiger partial charge < -0.3 is 26.6 Å². The number of hydrogen-bond donors (Lipinski definition) is 4. The number of likely N-dealkylation sites (tertiary alicyclic amines) is 1. The molecule has 5 rings (SSSR count). The number of urea groups is 1. The van der Waals surface area contributed by atoms with Crippen LogP contribution in [0.25, 0.3) is 0 Å². The van der Waals surface area contributed by atoms with E-state index in [0.29, 0.717) is 6.42 Å². The van der Waals surface area contributed by atoms with Crippen molar-refractivity contribution in [2.75, 3.05) is 6.54 Å². The highest BCUT2D eigenvalue weighted by Gasteiger charge is 2.74. The predicted molar refractivity (Wildman–Crippen MR) is 154 cm³/mol. The highest BCUT2D eigenvalue weighted by molar-refractivity contribution is 6.51. The van der Waals surface area contributed by atoms with Crippen molar-refractivity contribution >= 4 is 52.7 Å². The van der Waals surface area contributed by atoms with Gasteiger partial charge in [0, 0.05) is 24.4 Å². The average molecular weight is 613 g/mol. The van der Waals surface area contributed by atoms with Gasteiger partial charge in [-0.15, -0.1) is 23.2 Å². The molecule has 4 aliphatic carbocycles. The van der Waals surface area contributed by atoms with Crippen LogP contribution < -0.4 is 21.7 Å². The van der Waals surface area contributed by atoms with E-state index in [1.54, 1.807) is 0 Å². The van der Waals surface area contributed by atoms with E-state index in [0.717, 1.165) is 77.0 Å². The number of amides is 5. The molecule has 10 nitrogen and oxygen atoms in total. The molecule has 5 amide bonds. The van der Waals surface area contributed by atoms with Crippen molar-refractivity contribution in [3.05, 3.63) is 0 Å². The second-order valence-corrected chi connectivity index (χ2v) is 14.3. The Hall–Kier alpha value is -2.07. The minimum absolute atomic E-state index is 0.0476. The van der Waals surface area contributed by atoms with Crippen LogP contribution in [0.4, 0.5) is 4.79 Å². The summed E-state index contributed by atoms with van der Waals surface area (Å²) in [6, 6.07) is -3.13. The Morgan fingerprint density at radius 3 is 2.07 bits per heavy atom. The fraction of sp³-hybridized carbons (Fsp3) is 0.828. The molecular weight excluding hydrogens is 569 g/mol. The first-order valence-corrected chi connectivity index (χ1v) is 16.2. The summed E-state index contributed by atoms with van der Waals surface area (Å²) in [6.07, 6.45) is 13.0. The number of rotatable bonds is 10. The topological polar surface area (TPSA) is 151 Å². The minimum Gasteiger partial charge on any atom is -0.363 e. The molecule has 0 aromatic heterocycles. The third-order valence-corrected chi connectivity index (χ3v) is 11.2. The quantitative estimate of drug-likeness (QED) is 0.221. The zero-order valence-corrected chi connectivity index (χ0v) is 25.1. The van der Waals surface area contributed by atoms with Gasteiger partial charge in [0.2, 0.25) is 17.6 Å². The first kappa shape index (κ1) is 30.4. The van der Waals surface area contributed by atoms with Crippen LogP contribution in [0, 0.1) is 23.7 Å². The fourth-order valence-corrected chi connectivity index (χ4v) is 8.32. The zero-order chi connectivity index (χ0) is 29.3. The summed E-state index contributed by atoms with van der Waals surface area (Å²) in [5.74, 6) is -3.48. The lowest BCUT2D eigenvalue weighted by Crippen LogP contribution is -2.61. The molecule has 5 fully saturated rings. The maximum atomic E-state index is 14.2. The predicted octanol–water partition coefficient (Wildman–Crippen LogP) is 2.93. The maximum absolute atomic E-state index is 14.2. The van der Waals surface area contributed by atoms with Crippen molar-refractivity contribution < 1.29 is 24.0 Å². The number of nitrogens with zero attached hydrogens (tertiary/aromatic N) is 1. The van der Waals surface area contributed by atoms with E-state index >= 15 is 0 Å². The number of nitrogens with two attached hydrogens (primary N) is 1. The molecule has 228 valence electrons. The summed E-state index contributed by atoms with van der Waals surface area (Å²) < 4.78 is -1.16. The number of halogens is 2. The molecule has 4 saturated carbocycles. The lowest BCUT2D eigenvalue weighted by Gasteiger charge is -2.37. The highest BCUT2D eigenvalue weighted by Crippen LogP contribution is 2.65. The summed E-state index contributed by atoms with van der Waals surface area (Å²) in [7, 11) is 0. The van der Waals surface area contributed by atoms with Crippen LogP contribution in [0.5, 0.6) is 0 Å². The summed E-state index contributed by atoms with van der Waals surface area (Å²) in [5, 5.41) is 8.77. The number of alkyl halides is 2. The Kier molecular flexibility index (Phi) is 9.38. The maximum Gasteiger partial charge on any atom is 0.315 e. The molecule has 41 heavy (non-hydrogen) atoms. The Balaban J connectivity index is 1.33. The fourth-order valence-electron chi connectivity index (χ4n) is 7.50. The van der Waals surface area contributed by atoms with Crippen molar-refractivity contribution in [1.82, 2.24) is 20.9 Å². The first-order valence-electron chi connectivity index (χ1n) is 15.5. The van der Waals surface area contributed by atoms with E-state index in [1.165, 1.54) is 11.3 Å². The monoisotopic (exact) mass is 611 g/mol. The molecule has 0 radical (unpaired) electrons. The number of primary amides is 1. The van der Waals surface area contributed by atoms with Crippen LogP contribution >= 0.6 is 23.2 Å². The second-order valence-electron chi connectivity index (χ2n) is 12.9. The molecule has 0 aromatic carbocycles. The molecule has 3 unspecified atom stereocenters. The van der Waals surface area contributed by atoms with Crippen molar-refractivity contribution in [2.24, 2.45) is 29.4 Å². The Morgan fingerprint density at radius 2 is 1.49 bits per heavy atom. The van der Waals surface area contributed by atoms with Gasteiger partial charge in [0.1, 0.15) is 16.4 Å². The normalized spacial score (nSPS) is 29.4. The number of ketones is 1. The molecule has 1 aliphatic heterocycles. The van der Waals surface area contributed by atoms with E-state index in [4.69, 9.17) is 28.9 Å². The Labute approximate surface area is 251 Å². The van der Waals surface area contributed by atoms with E-state index in [9.17, 15) is 24.0 Å². The van der Waals surface area contributed by atoms with Gasteiger partial charge in [-0.3, -0.25) is 19.2 Å². The summed E-state index contributed by atoms with van der Waals surface area (Å²) in [4.78, 5) is 66.9. The van der Waals surface area contributed by atoms with E-state index in [1.807, 2.05) is 0 Å². The lowest BCUT2D eigenvalue weighted by molar-refractivity contribution is -0.144. The van der Waals surface area contributed by atoms with Crippen LogP contribution in [-0.4, -0.2) is 69.5 Å². The molecule has 5 aliphatic rings. The van der Waals surface area contributed by atoms with E-state index < -0.39 is 46.0 Å². The number of carbonyl (C=O) groups excluding carboxylic acids is 5. The third kappa shape index (κ3) is 6.63. The van der Waals surface area contributed by atoms with Gasteiger partial charge in [-0.1, -0.05) is 57.8 Å². The number of hydrogen-bond acceptors (Lipinski definition) is 5. The van der Waals surface area contributed by atoms with Gasteiger partial charge in [-0.25, -0.2) is 4.79 Å². The van der Waals surface area contributed by atoms with Crippen LogP contribution in [-0.2, 0) is 19.2 Å². The largest absolute Gasteiger partial charge is 0.363 e. The van der Waals surface area contributed by atoms with Crippen LogP contribution in [0.2, 0.25) is 0 Å². The van der Waals surface area contributed by atoms with Gasteiger partial charge in [0.15, 0.2) is 0 Å². The smallest absolute Gasteiger partial charge is 0.315 e. The highest BCUT2D eigenvalue weighted by atomic mass is 35.5. The zero-order valence-electron chi connectivity index (χ0n) is 23.5. The van der Waals surface area contributed by atoms with Gasteiger partial charge in [0.05, 0.1) is 6.04 Å². The summed E-state index contributed by atoms with van der Waals surface area (Å²) >= 11 is 13.1. The molecule has 0 spiro atoms.